The number of rotatable bonds is 3. The Hall–Kier alpha value is -3.28. The van der Waals surface area contributed by atoms with E-state index in [4.69, 9.17) is 4.74 Å². The Balaban J connectivity index is 1.80. The van der Waals surface area contributed by atoms with Crippen LogP contribution in [-0.2, 0) is 6.54 Å². The van der Waals surface area contributed by atoms with E-state index in [1.54, 1.807) is 54.7 Å². The lowest BCUT2D eigenvalue weighted by atomic mass is 10.1. The van der Waals surface area contributed by atoms with Crippen LogP contribution < -0.4 is 9.64 Å². The van der Waals surface area contributed by atoms with Gasteiger partial charge < -0.3 is 9.64 Å². The largest absolute Gasteiger partial charge is 0.494 e. The number of hydrogen-bond acceptors (Lipinski definition) is 4. The SMILES string of the molecule is COc1cccnc1-c1nccc2c1CN(c1ccc(F)cc1)C2=O. The summed E-state index contributed by atoms with van der Waals surface area (Å²) in [5.74, 6) is 0.115. The molecule has 0 aliphatic carbocycles. The van der Waals surface area contributed by atoms with E-state index in [1.165, 1.54) is 12.1 Å². The van der Waals surface area contributed by atoms with Crippen LogP contribution >= 0.6 is 0 Å². The molecule has 0 bridgehead atoms. The number of amides is 1. The fourth-order valence-electron chi connectivity index (χ4n) is 2.99. The summed E-state index contributed by atoms with van der Waals surface area (Å²) in [6.45, 7) is 0.350. The van der Waals surface area contributed by atoms with Crippen molar-refractivity contribution in [3.63, 3.8) is 0 Å². The quantitative estimate of drug-likeness (QED) is 0.736. The molecule has 6 heteroatoms. The van der Waals surface area contributed by atoms with Crippen molar-refractivity contribution in [3.8, 4) is 17.1 Å². The molecule has 0 atom stereocenters. The van der Waals surface area contributed by atoms with E-state index in [0.717, 1.165) is 5.56 Å². The van der Waals surface area contributed by atoms with E-state index in [1.807, 2.05) is 0 Å². The third kappa shape index (κ3) is 2.52. The Morgan fingerprint density at radius 3 is 2.56 bits per heavy atom. The number of aromatic nitrogens is 2. The summed E-state index contributed by atoms with van der Waals surface area (Å²) in [6.07, 6.45) is 3.25. The van der Waals surface area contributed by atoms with Crippen molar-refractivity contribution in [1.29, 1.82) is 0 Å². The summed E-state index contributed by atoms with van der Waals surface area (Å²) in [5, 5.41) is 0. The van der Waals surface area contributed by atoms with Crippen molar-refractivity contribution in [2.75, 3.05) is 12.0 Å². The predicted octanol–water partition coefficient (Wildman–Crippen LogP) is 3.45. The smallest absolute Gasteiger partial charge is 0.259 e. The number of benzene rings is 1. The molecule has 0 saturated carbocycles. The Morgan fingerprint density at radius 2 is 1.80 bits per heavy atom. The number of anilines is 1. The van der Waals surface area contributed by atoms with Crippen LogP contribution in [0.2, 0.25) is 0 Å². The lowest BCUT2D eigenvalue weighted by molar-refractivity contribution is 0.0996. The number of nitrogens with zero attached hydrogens (tertiary/aromatic N) is 3. The third-order valence-electron chi connectivity index (χ3n) is 4.20. The summed E-state index contributed by atoms with van der Waals surface area (Å²) in [5.41, 5.74) is 3.21. The molecule has 3 aromatic rings. The molecule has 3 heterocycles. The number of hydrogen-bond donors (Lipinski definition) is 0. The molecule has 1 amide bonds. The summed E-state index contributed by atoms with van der Waals surface area (Å²) in [7, 11) is 1.57. The van der Waals surface area contributed by atoms with Gasteiger partial charge in [0.05, 0.1) is 19.3 Å². The lowest BCUT2D eigenvalue weighted by Gasteiger charge is -2.15. The topological polar surface area (TPSA) is 55.3 Å². The number of halogens is 1. The first-order valence-corrected chi connectivity index (χ1v) is 7.73. The van der Waals surface area contributed by atoms with Gasteiger partial charge in [0.1, 0.15) is 17.3 Å². The van der Waals surface area contributed by atoms with Gasteiger partial charge in [-0.15, -0.1) is 0 Å². The average molecular weight is 335 g/mol. The van der Waals surface area contributed by atoms with Crippen LogP contribution in [-0.4, -0.2) is 23.0 Å². The van der Waals surface area contributed by atoms with Crippen LogP contribution in [0.3, 0.4) is 0 Å². The van der Waals surface area contributed by atoms with Crippen molar-refractivity contribution in [3.05, 3.63) is 71.8 Å². The van der Waals surface area contributed by atoms with Gasteiger partial charge in [-0.25, -0.2) is 4.39 Å². The standard InChI is InChI=1S/C19H14FN3O2/c1-25-16-3-2-9-21-18(16)17-15-11-23(13-6-4-12(20)5-7-13)19(24)14(15)8-10-22-17/h2-10H,11H2,1H3. The molecule has 1 aromatic carbocycles. The van der Waals surface area contributed by atoms with Gasteiger partial charge >= 0.3 is 0 Å². The Morgan fingerprint density at radius 1 is 1.04 bits per heavy atom. The molecular weight excluding hydrogens is 321 g/mol. The number of carbonyl (C=O) groups excluding carboxylic acids is 1. The van der Waals surface area contributed by atoms with Gasteiger partial charge in [-0.05, 0) is 42.5 Å². The number of carbonyl (C=O) groups is 1. The molecule has 25 heavy (non-hydrogen) atoms. The Bertz CT molecular complexity index is 957. The molecule has 0 radical (unpaired) electrons. The van der Waals surface area contributed by atoms with Crippen LogP contribution in [0.15, 0.2) is 54.9 Å². The molecule has 4 rings (SSSR count). The first kappa shape index (κ1) is 15.3. The second-order valence-corrected chi connectivity index (χ2v) is 5.61. The molecule has 5 nitrogen and oxygen atoms in total. The van der Waals surface area contributed by atoms with Gasteiger partial charge in [0, 0.05) is 29.2 Å². The first-order valence-electron chi connectivity index (χ1n) is 7.73. The summed E-state index contributed by atoms with van der Waals surface area (Å²) < 4.78 is 18.5. The van der Waals surface area contributed by atoms with E-state index < -0.39 is 0 Å². The average Bonchev–Trinajstić information content (AvgIpc) is 2.99. The van der Waals surface area contributed by atoms with Crippen LogP contribution in [0.5, 0.6) is 5.75 Å². The van der Waals surface area contributed by atoms with Gasteiger partial charge in [-0.1, -0.05) is 0 Å². The lowest BCUT2D eigenvalue weighted by Crippen LogP contribution is -2.22. The molecule has 124 valence electrons. The van der Waals surface area contributed by atoms with Gasteiger partial charge in [0.15, 0.2) is 0 Å². The molecule has 1 aliphatic heterocycles. The van der Waals surface area contributed by atoms with Crippen molar-refractivity contribution < 1.29 is 13.9 Å². The molecule has 0 fully saturated rings. The first-order chi connectivity index (χ1) is 12.2. The Labute approximate surface area is 143 Å². The normalized spacial score (nSPS) is 13.0. The highest BCUT2D eigenvalue weighted by atomic mass is 19.1. The zero-order chi connectivity index (χ0) is 17.4. The van der Waals surface area contributed by atoms with Crippen LogP contribution in [0.4, 0.5) is 10.1 Å². The van der Waals surface area contributed by atoms with Crippen LogP contribution in [0, 0.1) is 5.82 Å². The van der Waals surface area contributed by atoms with E-state index in [-0.39, 0.29) is 11.7 Å². The van der Waals surface area contributed by atoms with E-state index >= 15 is 0 Å². The highest BCUT2D eigenvalue weighted by molar-refractivity contribution is 6.11. The van der Waals surface area contributed by atoms with Crippen molar-refractivity contribution in [1.82, 2.24) is 9.97 Å². The number of ether oxygens (including phenoxy) is 1. The zero-order valence-corrected chi connectivity index (χ0v) is 13.4. The number of methoxy groups -OCH3 is 1. The van der Waals surface area contributed by atoms with Gasteiger partial charge in [0.25, 0.3) is 5.91 Å². The summed E-state index contributed by atoms with van der Waals surface area (Å²) in [4.78, 5) is 23.2. The van der Waals surface area contributed by atoms with Gasteiger partial charge in [0.2, 0.25) is 0 Å². The fraction of sp³-hybridized carbons (Fsp3) is 0.105. The highest BCUT2D eigenvalue weighted by Gasteiger charge is 2.32. The summed E-state index contributed by atoms with van der Waals surface area (Å²) >= 11 is 0. The zero-order valence-electron chi connectivity index (χ0n) is 13.4. The summed E-state index contributed by atoms with van der Waals surface area (Å²) in [6, 6.07) is 11.1. The number of fused-ring (bicyclic) bond motifs is 1. The molecule has 0 unspecified atom stereocenters. The molecule has 0 saturated heterocycles. The molecular formula is C19H14FN3O2. The van der Waals surface area contributed by atoms with Crippen molar-refractivity contribution in [2.45, 2.75) is 6.54 Å². The molecule has 0 N–H and O–H groups in total. The highest BCUT2D eigenvalue weighted by Crippen LogP contribution is 2.36. The van der Waals surface area contributed by atoms with E-state index in [2.05, 4.69) is 9.97 Å². The maximum Gasteiger partial charge on any atom is 0.259 e. The second kappa shape index (κ2) is 5.98. The van der Waals surface area contributed by atoms with Crippen LogP contribution in [0.1, 0.15) is 15.9 Å². The minimum Gasteiger partial charge on any atom is -0.494 e. The van der Waals surface area contributed by atoms with Crippen LogP contribution in [0.25, 0.3) is 11.4 Å². The van der Waals surface area contributed by atoms with Gasteiger partial charge in [-0.3, -0.25) is 14.8 Å². The second-order valence-electron chi connectivity index (χ2n) is 5.61. The maximum atomic E-state index is 13.2. The third-order valence-corrected chi connectivity index (χ3v) is 4.20. The molecule has 0 spiro atoms. The van der Waals surface area contributed by atoms with Crippen molar-refractivity contribution in [2.24, 2.45) is 0 Å². The van der Waals surface area contributed by atoms with E-state index in [9.17, 15) is 9.18 Å². The predicted molar refractivity (Wildman–Crippen MR) is 90.9 cm³/mol. The van der Waals surface area contributed by atoms with E-state index in [0.29, 0.717) is 34.9 Å². The minimum absolute atomic E-state index is 0.139. The monoisotopic (exact) mass is 335 g/mol. The van der Waals surface area contributed by atoms with Gasteiger partial charge in [-0.2, -0.15) is 0 Å². The maximum absolute atomic E-state index is 13.2. The molecule has 1 aliphatic rings. The Kier molecular flexibility index (Phi) is 3.65. The fourth-order valence-corrected chi connectivity index (χ4v) is 2.99. The molecule has 2 aromatic heterocycles. The minimum atomic E-state index is -0.339. The number of pyridine rings is 2. The van der Waals surface area contributed by atoms with Crippen molar-refractivity contribution >= 4 is 11.6 Å².